The molecule has 0 saturated carbocycles. The van der Waals surface area contributed by atoms with E-state index in [1.54, 1.807) is 0 Å². The Kier molecular flexibility index (Phi) is 4.20. The Morgan fingerprint density at radius 3 is 2.88 bits per heavy atom. The summed E-state index contributed by atoms with van der Waals surface area (Å²) in [5.41, 5.74) is 0. The third-order valence-corrected chi connectivity index (χ3v) is 4.06. The second kappa shape index (κ2) is 5.46. The fraction of sp³-hybridized carbons (Fsp3) is 1.00. The van der Waals surface area contributed by atoms with Gasteiger partial charge in [0.05, 0.1) is 6.10 Å². The summed E-state index contributed by atoms with van der Waals surface area (Å²) >= 11 is 0. The Balaban J connectivity index is 1.83. The summed E-state index contributed by atoms with van der Waals surface area (Å²) in [6.45, 7) is 8.13. The minimum absolute atomic E-state index is 0.0611. The summed E-state index contributed by atoms with van der Waals surface area (Å²) in [7, 11) is 0. The van der Waals surface area contributed by atoms with E-state index in [0.29, 0.717) is 13.0 Å². The van der Waals surface area contributed by atoms with Crippen LogP contribution in [0, 0.1) is 11.8 Å². The van der Waals surface area contributed by atoms with Crippen LogP contribution in [0.3, 0.4) is 0 Å². The number of nitrogens with zero attached hydrogens (tertiary/aromatic N) is 1. The molecule has 2 aliphatic heterocycles. The molecule has 2 aliphatic rings. The van der Waals surface area contributed by atoms with E-state index in [1.165, 1.54) is 12.8 Å². The van der Waals surface area contributed by atoms with Crippen LogP contribution in [-0.4, -0.2) is 43.4 Å². The van der Waals surface area contributed by atoms with Gasteiger partial charge in [0.15, 0.2) is 0 Å². The maximum atomic E-state index is 13.6. The van der Waals surface area contributed by atoms with Gasteiger partial charge in [0, 0.05) is 32.0 Å². The summed E-state index contributed by atoms with van der Waals surface area (Å²) in [6.07, 6.45) is 2.63. The van der Waals surface area contributed by atoms with Crippen molar-refractivity contribution in [2.45, 2.75) is 45.4 Å². The van der Waals surface area contributed by atoms with Gasteiger partial charge in [-0.15, -0.1) is 0 Å². The summed E-state index contributed by atoms with van der Waals surface area (Å²) in [4.78, 5) is 2.45. The van der Waals surface area contributed by atoms with E-state index >= 15 is 0 Å². The van der Waals surface area contributed by atoms with E-state index < -0.39 is 6.17 Å². The quantitative estimate of drug-likeness (QED) is 0.721. The van der Waals surface area contributed by atoms with Gasteiger partial charge in [0.1, 0.15) is 6.17 Å². The van der Waals surface area contributed by atoms with Gasteiger partial charge in [0.25, 0.3) is 0 Å². The molecule has 2 heterocycles. The van der Waals surface area contributed by atoms with Crippen LogP contribution in [-0.2, 0) is 4.74 Å². The molecule has 2 rings (SSSR count). The highest BCUT2D eigenvalue weighted by Gasteiger charge is 2.32. The molecule has 0 amide bonds. The minimum atomic E-state index is -0.666. The van der Waals surface area contributed by atoms with Crippen LogP contribution in [0.2, 0.25) is 0 Å². The average Bonchev–Trinajstić information content (AvgIpc) is 2.25. The van der Waals surface area contributed by atoms with E-state index in [9.17, 15) is 4.39 Å². The molecule has 2 fully saturated rings. The molecule has 0 aliphatic carbocycles. The SMILES string of the molecule is C[C@@H]1CCCN(C[C@H]2OCC[C@H](F)[C@H]2C)C1. The molecular formula is C13H24FNO. The number of ether oxygens (including phenoxy) is 1. The molecular weight excluding hydrogens is 205 g/mol. The number of hydrogen-bond donors (Lipinski definition) is 0. The standard InChI is InChI=1S/C13H24FNO/c1-10-4-3-6-15(8-10)9-13-11(2)12(14)5-7-16-13/h10-13H,3-9H2,1-2H3/t10-,11-,12+,13-/m1/s1. The van der Waals surface area contributed by atoms with Gasteiger partial charge < -0.3 is 9.64 Å². The van der Waals surface area contributed by atoms with Crippen molar-refractivity contribution in [1.29, 1.82) is 0 Å². The van der Waals surface area contributed by atoms with E-state index in [-0.39, 0.29) is 12.0 Å². The highest BCUT2D eigenvalue weighted by atomic mass is 19.1. The summed E-state index contributed by atoms with van der Waals surface area (Å²) < 4.78 is 19.3. The first-order valence-corrected chi connectivity index (χ1v) is 6.65. The number of halogens is 1. The molecule has 0 N–H and O–H groups in total. The Labute approximate surface area is 98.1 Å². The van der Waals surface area contributed by atoms with Crippen LogP contribution in [0.1, 0.15) is 33.1 Å². The molecule has 16 heavy (non-hydrogen) atoms. The van der Waals surface area contributed by atoms with Gasteiger partial charge >= 0.3 is 0 Å². The fourth-order valence-electron chi connectivity index (χ4n) is 2.91. The largest absolute Gasteiger partial charge is 0.376 e. The molecule has 2 saturated heterocycles. The lowest BCUT2D eigenvalue weighted by Crippen LogP contribution is -2.46. The first-order chi connectivity index (χ1) is 7.66. The van der Waals surface area contributed by atoms with Crippen molar-refractivity contribution in [3.05, 3.63) is 0 Å². The Morgan fingerprint density at radius 2 is 2.12 bits per heavy atom. The topological polar surface area (TPSA) is 12.5 Å². The first-order valence-electron chi connectivity index (χ1n) is 6.65. The van der Waals surface area contributed by atoms with E-state index in [4.69, 9.17) is 4.74 Å². The number of rotatable bonds is 2. The van der Waals surface area contributed by atoms with Crippen molar-refractivity contribution < 1.29 is 9.13 Å². The lowest BCUT2D eigenvalue weighted by atomic mass is 9.93. The predicted octanol–water partition coefficient (Wildman–Crippen LogP) is 2.48. The van der Waals surface area contributed by atoms with Gasteiger partial charge in [-0.1, -0.05) is 13.8 Å². The van der Waals surface area contributed by atoms with Crippen LogP contribution in [0.25, 0.3) is 0 Å². The van der Waals surface area contributed by atoms with Gasteiger partial charge in [-0.05, 0) is 25.3 Å². The molecule has 0 radical (unpaired) electrons. The molecule has 0 unspecified atom stereocenters. The maximum Gasteiger partial charge on any atom is 0.107 e. The third kappa shape index (κ3) is 2.95. The number of hydrogen-bond acceptors (Lipinski definition) is 2. The second-order valence-corrected chi connectivity index (χ2v) is 5.58. The van der Waals surface area contributed by atoms with Crippen molar-refractivity contribution in [2.75, 3.05) is 26.2 Å². The summed E-state index contributed by atoms with van der Waals surface area (Å²) in [5.74, 6) is 0.847. The lowest BCUT2D eigenvalue weighted by Gasteiger charge is -2.38. The number of piperidine rings is 1. The van der Waals surface area contributed by atoms with Crippen LogP contribution in [0.5, 0.6) is 0 Å². The Bertz CT molecular complexity index is 224. The van der Waals surface area contributed by atoms with Crippen molar-refractivity contribution in [2.24, 2.45) is 11.8 Å². The number of likely N-dealkylation sites (tertiary alicyclic amines) is 1. The predicted molar refractivity (Wildman–Crippen MR) is 63.3 cm³/mol. The van der Waals surface area contributed by atoms with Crippen LogP contribution >= 0.6 is 0 Å². The van der Waals surface area contributed by atoms with Crippen molar-refractivity contribution >= 4 is 0 Å². The zero-order valence-electron chi connectivity index (χ0n) is 10.5. The Morgan fingerprint density at radius 1 is 1.31 bits per heavy atom. The maximum absolute atomic E-state index is 13.6. The molecule has 0 spiro atoms. The smallest absolute Gasteiger partial charge is 0.107 e. The third-order valence-electron chi connectivity index (χ3n) is 4.06. The van der Waals surface area contributed by atoms with Crippen LogP contribution in [0.15, 0.2) is 0 Å². The first kappa shape index (κ1) is 12.3. The zero-order valence-corrected chi connectivity index (χ0v) is 10.5. The van der Waals surface area contributed by atoms with Gasteiger partial charge in [-0.2, -0.15) is 0 Å². The number of alkyl halides is 1. The zero-order chi connectivity index (χ0) is 11.5. The molecule has 0 aromatic carbocycles. The van der Waals surface area contributed by atoms with Crippen molar-refractivity contribution in [1.82, 2.24) is 4.90 Å². The summed E-state index contributed by atoms with van der Waals surface area (Å²) in [5, 5.41) is 0. The summed E-state index contributed by atoms with van der Waals surface area (Å²) in [6, 6.07) is 0. The monoisotopic (exact) mass is 229 g/mol. The van der Waals surface area contributed by atoms with E-state index in [0.717, 1.165) is 25.6 Å². The minimum Gasteiger partial charge on any atom is -0.376 e. The highest BCUT2D eigenvalue weighted by molar-refractivity contribution is 4.82. The fourth-order valence-corrected chi connectivity index (χ4v) is 2.91. The molecule has 0 aromatic rings. The molecule has 0 aromatic heterocycles. The van der Waals surface area contributed by atoms with Crippen molar-refractivity contribution in [3.8, 4) is 0 Å². The molecule has 0 bridgehead atoms. The molecule has 2 nitrogen and oxygen atoms in total. The van der Waals surface area contributed by atoms with E-state index in [2.05, 4.69) is 11.8 Å². The van der Waals surface area contributed by atoms with Crippen LogP contribution in [0.4, 0.5) is 4.39 Å². The molecule has 94 valence electrons. The lowest BCUT2D eigenvalue weighted by molar-refractivity contribution is -0.0755. The van der Waals surface area contributed by atoms with Gasteiger partial charge in [-0.25, -0.2) is 4.39 Å². The molecule has 4 atom stereocenters. The van der Waals surface area contributed by atoms with Gasteiger partial charge in [0.2, 0.25) is 0 Å². The molecule has 3 heteroatoms. The normalized spacial score (nSPS) is 42.2. The highest BCUT2D eigenvalue weighted by Crippen LogP contribution is 2.25. The second-order valence-electron chi connectivity index (χ2n) is 5.58. The van der Waals surface area contributed by atoms with Gasteiger partial charge in [-0.3, -0.25) is 0 Å². The average molecular weight is 229 g/mol. The Hall–Kier alpha value is -0.150. The van der Waals surface area contributed by atoms with E-state index in [1.807, 2.05) is 6.92 Å². The van der Waals surface area contributed by atoms with Crippen molar-refractivity contribution in [3.63, 3.8) is 0 Å². The van der Waals surface area contributed by atoms with Crippen LogP contribution < -0.4 is 0 Å².